The second kappa shape index (κ2) is 14.3. The summed E-state index contributed by atoms with van der Waals surface area (Å²) >= 11 is 0. The van der Waals surface area contributed by atoms with Crippen molar-refractivity contribution >= 4 is 35.4 Å². The average molecular weight is 545 g/mol. The Kier molecular flexibility index (Phi) is 11.4. The average Bonchev–Trinajstić information content (AvgIpc) is 3.18. The number of alkyl carbamates (subject to hydrolysis) is 2. The number of nitrogens with one attached hydrogen (secondary N) is 3. The van der Waals surface area contributed by atoms with Crippen LogP contribution in [0.5, 0.6) is 0 Å². The normalized spacial score (nSPS) is 11.8. The molecule has 0 aliphatic rings. The highest BCUT2D eigenvalue weighted by Crippen LogP contribution is 2.19. The Hall–Kier alpha value is -3.96. The number of anilines is 1. The molecule has 3 amide bonds. The van der Waals surface area contributed by atoms with Crippen LogP contribution in [0.25, 0.3) is 0 Å². The van der Waals surface area contributed by atoms with Crippen molar-refractivity contribution in [3.63, 3.8) is 0 Å². The van der Waals surface area contributed by atoms with E-state index in [1.54, 1.807) is 24.3 Å². The summed E-state index contributed by atoms with van der Waals surface area (Å²) in [5.41, 5.74) is 0.196. The number of rotatable bonds is 11. The predicted octanol–water partition coefficient (Wildman–Crippen LogP) is 4.98. The number of azo groups is 1. The van der Waals surface area contributed by atoms with Crippen LogP contribution < -0.4 is 20.5 Å². The molecule has 0 unspecified atom stereocenters. The number of hydrogen-bond acceptors (Lipinski definition) is 7. The van der Waals surface area contributed by atoms with Crippen LogP contribution in [0.3, 0.4) is 0 Å². The first-order valence-corrected chi connectivity index (χ1v) is 13.0. The number of amides is 3. The predicted molar refractivity (Wildman–Crippen MR) is 147 cm³/mol. The fourth-order valence-corrected chi connectivity index (χ4v) is 3.35. The highest BCUT2D eigenvalue weighted by atomic mass is 16.6. The Morgan fingerprint density at radius 3 is 1.97 bits per heavy atom. The maximum Gasteiger partial charge on any atom is 0.421 e. The molecule has 0 spiro atoms. The molecule has 0 atom stereocenters. The third kappa shape index (κ3) is 12.9. The summed E-state index contributed by atoms with van der Waals surface area (Å²) in [5.74, 6) is 0.473. The van der Waals surface area contributed by atoms with Crippen LogP contribution in [0.15, 0.2) is 46.9 Å². The minimum Gasteiger partial charge on any atom is -0.444 e. The lowest BCUT2D eigenvalue weighted by Crippen LogP contribution is -2.37. The fraction of sp³-hybridized carbons (Fsp3) is 0.556. The largest absolute Gasteiger partial charge is 0.444 e. The molecule has 0 fully saturated rings. The Balaban J connectivity index is 2.05. The van der Waals surface area contributed by atoms with E-state index >= 15 is 0 Å². The third-order valence-corrected chi connectivity index (χ3v) is 4.87. The number of carbonyl (C=O) groups is 3. The molecule has 1 aromatic carbocycles. The Labute approximate surface area is 230 Å². The van der Waals surface area contributed by atoms with Gasteiger partial charge in [0.2, 0.25) is 5.91 Å². The van der Waals surface area contributed by atoms with E-state index in [4.69, 9.17) is 9.47 Å². The molecule has 1 heterocycles. The Morgan fingerprint density at radius 2 is 1.44 bits per heavy atom. The molecular formula is C27H42N7O5+. The van der Waals surface area contributed by atoms with Crippen molar-refractivity contribution in [3.05, 3.63) is 36.7 Å². The molecule has 0 radical (unpaired) electrons. The van der Waals surface area contributed by atoms with Crippen LogP contribution >= 0.6 is 0 Å². The van der Waals surface area contributed by atoms with Gasteiger partial charge in [-0.1, -0.05) is 5.11 Å². The van der Waals surface area contributed by atoms with Crippen LogP contribution in [0.1, 0.15) is 61.3 Å². The molecule has 0 aliphatic heterocycles. The third-order valence-electron chi connectivity index (χ3n) is 4.87. The second-order valence-corrected chi connectivity index (χ2v) is 11.0. The Morgan fingerprint density at radius 1 is 0.872 bits per heavy atom. The lowest BCUT2D eigenvalue weighted by atomic mass is 10.2. The monoisotopic (exact) mass is 544 g/mol. The minimum absolute atomic E-state index is 0.148. The number of aromatic nitrogens is 2. The van der Waals surface area contributed by atoms with Gasteiger partial charge in [0.1, 0.15) is 16.9 Å². The molecule has 0 saturated heterocycles. The summed E-state index contributed by atoms with van der Waals surface area (Å²) in [5, 5.41) is 17.1. The summed E-state index contributed by atoms with van der Waals surface area (Å²) in [6, 6.07) is 7.05. The first kappa shape index (κ1) is 31.3. The van der Waals surface area contributed by atoms with Gasteiger partial charge in [0.15, 0.2) is 0 Å². The van der Waals surface area contributed by atoms with Gasteiger partial charge in [0, 0.05) is 30.8 Å². The lowest BCUT2D eigenvalue weighted by Gasteiger charge is -2.19. The summed E-state index contributed by atoms with van der Waals surface area (Å²) < 4.78 is 14.5. The smallest absolute Gasteiger partial charge is 0.421 e. The molecule has 214 valence electrons. The van der Waals surface area contributed by atoms with Gasteiger partial charge in [-0.2, -0.15) is 0 Å². The quantitative estimate of drug-likeness (QED) is 0.208. The molecule has 1 aromatic heterocycles. The van der Waals surface area contributed by atoms with Gasteiger partial charge < -0.3 is 25.4 Å². The molecule has 2 rings (SSSR count). The SMILES string of the molecule is CC(=O)Nc1ccc(N=Nc2n(CCCNC(=O)OC(C)(C)C)cc[n+]2CCCNC(=O)OC(C)(C)C)cc1. The molecule has 3 N–H and O–H groups in total. The number of ether oxygens (including phenoxy) is 2. The zero-order valence-corrected chi connectivity index (χ0v) is 24.0. The zero-order valence-electron chi connectivity index (χ0n) is 24.0. The maximum absolute atomic E-state index is 11.9. The highest BCUT2D eigenvalue weighted by Gasteiger charge is 2.19. The van der Waals surface area contributed by atoms with E-state index in [-0.39, 0.29) is 5.91 Å². The summed E-state index contributed by atoms with van der Waals surface area (Å²) in [7, 11) is 0. The topological polar surface area (TPSA) is 139 Å². The van der Waals surface area contributed by atoms with Crippen LogP contribution in [0.2, 0.25) is 0 Å². The number of benzene rings is 1. The van der Waals surface area contributed by atoms with Crippen molar-refractivity contribution in [2.45, 2.75) is 85.6 Å². The summed E-state index contributed by atoms with van der Waals surface area (Å²) in [6.07, 6.45) is 4.21. The first-order valence-electron chi connectivity index (χ1n) is 13.0. The molecule has 0 saturated carbocycles. The van der Waals surface area contributed by atoms with Gasteiger partial charge in [0.25, 0.3) is 0 Å². The number of carbonyl (C=O) groups excluding carboxylic acids is 3. The molecule has 0 bridgehead atoms. The molecule has 12 heteroatoms. The van der Waals surface area contributed by atoms with Gasteiger partial charge in [-0.3, -0.25) is 4.79 Å². The van der Waals surface area contributed by atoms with Crippen molar-refractivity contribution < 1.29 is 28.4 Å². The van der Waals surface area contributed by atoms with E-state index in [9.17, 15) is 14.4 Å². The van der Waals surface area contributed by atoms with E-state index in [0.29, 0.717) is 56.3 Å². The van der Waals surface area contributed by atoms with E-state index in [0.717, 1.165) is 0 Å². The standard InChI is InChI=1S/C27H41N7O5/c1-20(35)30-21-10-12-22(13-11-21)31-32-23-33(16-8-14-28-24(36)38-26(2,3)4)18-19-34(23)17-9-15-29-25(37)39-27(5,6)7/h10-13,18-19H,8-9,14-17H2,1-7H3,(H2,28,29,36,37)/p+1. The van der Waals surface area contributed by atoms with Crippen molar-refractivity contribution in [1.82, 2.24) is 15.2 Å². The van der Waals surface area contributed by atoms with Gasteiger partial charge >= 0.3 is 18.1 Å². The van der Waals surface area contributed by atoms with Gasteiger partial charge in [0.05, 0.1) is 25.5 Å². The van der Waals surface area contributed by atoms with E-state index in [1.165, 1.54) is 6.92 Å². The summed E-state index contributed by atoms with van der Waals surface area (Å²) in [6.45, 7) is 14.4. The minimum atomic E-state index is -0.553. The van der Waals surface area contributed by atoms with Crippen molar-refractivity contribution in [1.29, 1.82) is 0 Å². The number of nitrogens with zero attached hydrogens (tertiary/aromatic N) is 4. The van der Waals surface area contributed by atoms with E-state index in [1.807, 2.05) is 63.1 Å². The number of imidazole rings is 1. The number of aryl methyl sites for hydroxylation is 2. The van der Waals surface area contributed by atoms with E-state index < -0.39 is 23.4 Å². The summed E-state index contributed by atoms with van der Waals surface area (Å²) in [4.78, 5) is 35.1. The van der Waals surface area contributed by atoms with Crippen LogP contribution in [0.4, 0.5) is 26.9 Å². The van der Waals surface area contributed by atoms with Crippen molar-refractivity contribution in [2.24, 2.45) is 10.2 Å². The second-order valence-electron chi connectivity index (χ2n) is 11.0. The molecule has 39 heavy (non-hydrogen) atoms. The van der Waals surface area contributed by atoms with Gasteiger partial charge in [-0.25, -0.2) is 18.7 Å². The van der Waals surface area contributed by atoms with Crippen molar-refractivity contribution in [2.75, 3.05) is 18.4 Å². The number of hydrogen-bond donors (Lipinski definition) is 3. The molecule has 0 aliphatic carbocycles. The van der Waals surface area contributed by atoms with Crippen LogP contribution in [-0.4, -0.2) is 47.0 Å². The zero-order chi connectivity index (χ0) is 29.1. The molecular weight excluding hydrogens is 502 g/mol. The molecule has 2 aromatic rings. The van der Waals surface area contributed by atoms with Gasteiger partial charge in [-0.05, 0) is 78.6 Å². The molecule has 12 nitrogen and oxygen atoms in total. The van der Waals surface area contributed by atoms with E-state index in [2.05, 4.69) is 26.2 Å². The van der Waals surface area contributed by atoms with Crippen molar-refractivity contribution in [3.8, 4) is 0 Å². The van der Waals surface area contributed by atoms with Crippen LogP contribution in [-0.2, 0) is 27.4 Å². The highest BCUT2D eigenvalue weighted by molar-refractivity contribution is 5.88. The first-order chi connectivity index (χ1) is 18.2. The Bertz CT molecular complexity index is 1080. The van der Waals surface area contributed by atoms with Crippen LogP contribution in [0, 0.1) is 0 Å². The maximum atomic E-state index is 11.9. The van der Waals surface area contributed by atoms with Gasteiger partial charge in [-0.15, -0.1) is 0 Å². The lowest BCUT2D eigenvalue weighted by molar-refractivity contribution is -0.683. The fourth-order valence-electron chi connectivity index (χ4n) is 3.35.